The monoisotopic (exact) mass is 228 g/mol. The number of anilines is 1. The van der Waals surface area contributed by atoms with E-state index in [1.807, 2.05) is 0 Å². The zero-order valence-corrected chi connectivity index (χ0v) is 8.86. The summed E-state index contributed by atoms with van der Waals surface area (Å²) in [5, 5.41) is 0. The Hall–Kier alpha value is -1.40. The van der Waals surface area contributed by atoms with Gasteiger partial charge in [0, 0.05) is 14.0 Å². The van der Waals surface area contributed by atoms with Crippen molar-refractivity contribution in [2.45, 2.75) is 4.90 Å². The Labute approximate surface area is 88.1 Å². The minimum Gasteiger partial charge on any atom is -0.314 e. The molecule has 0 aliphatic heterocycles. The van der Waals surface area contributed by atoms with Crippen molar-refractivity contribution in [1.82, 2.24) is 0 Å². The fourth-order valence-electron chi connectivity index (χ4n) is 1.09. The predicted octanol–water partition coefficient (Wildman–Crippen LogP) is 0.730. The first-order valence-corrected chi connectivity index (χ1v) is 5.44. The molecule has 0 saturated heterocycles. The molecule has 0 saturated carbocycles. The van der Waals surface area contributed by atoms with E-state index >= 15 is 0 Å². The highest BCUT2D eigenvalue weighted by molar-refractivity contribution is 7.86. The van der Waals surface area contributed by atoms with E-state index in [9.17, 15) is 13.2 Å². The number of nitrogens with zero attached hydrogens (tertiary/aromatic N) is 1. The maximum Gasteiger partial charge on any atom is 0.296 e. The summed E-state index contributed by atoms with van der Waals surface area (Å²) in [5.74, 6) is -0.564. The summed E-state index contributed by atoms with van der Waals surface area (Å²) in [4.78, 5) is 11.7. The van der Waals surface area contributed by atoms with Crippen molar-refractivity contribution in [3.05, 3.63) is 31.2 Å². The Kier molecular flexibility index (Phi) is 3.11. The molecule has 0 aromatic heterocycles. The highest BCUT2D eigenvalue weighted by Crippen LogP contribution is 2.23. The zero-order valence-electron chi connectivity index (χ0n) is 8.04. The van der Waals surface area contributed by atoms with Crippen molar-refractivity contribution in [3.63, 3.8) is 0 Å². The summed E-state index contributed by atoms with van der Waals surface area (Å²) in [7, 11) is -2.96. The van der Waals surface area contributed by atoms with Crippen LogP contribution in [0.15, 0.2) is 29.2 Å². The summed E-state index contributed by atoms with van der Waals surface area (Å²) in [5.41, 5.74) is 0.0972. The smallest absolute Gasteiger partial charge is 0.296 e. The largest absolute Gasteiger partial charge is 0.314 e. The lowest BCUT2D eigenvalue weighted by Crippen LogP contribution is -2.24. The quantitative estimate of drug-likeness (QED) is 0.757. The van der Waals surface area contributed by atoms with Gasteiger partial charge in [-0.25, -0.2) is 0 Å². The van der Waals surface area contributed by atoms with Crippen LogP contribution < -0.4 is 4.90 Å². The number of rotatable bonds is 2. The molecule has 5 nitrogen and oxygen atoms in total. The molecule has 1 aromatic carbocycles. The van der Waals surface area contributed by atoms with Crippen LogP contribution >= 0.6 is 0 Å². The van der Waals surface area contributed by atoms with Gasteiger partial charge in [-0.1, -0.05) is 12.1 Å². The molecule has 1 N–H and O–H groups in total. The number of hydrogen-bond donors (Lipinski definition) is 1. The molecule has 1 aromatic rings. The Morgan fingerprint density at radius 2 is 1.93 bits per heavy atom. The number of benzene rings is 1. The number of para-hydroxylation sites is 1. The average Bonchev–Trinajstić information content (AvgIpc) is 2.15. The molecule has 1 rings (SSSR count). The van der Waals surface area contributed by atoms with Crippen LogP contribution in [-0.2, 0) is 14.9 Å². The Morgan fingerprint density at radius 1 is 1.40 bits per heavy atom. The molecule has 0 fully saturated rings. The molecule has 6 heteroatoms. The van der Waals surface area contributed by atoms with Gasteiger partial charge in [0.2, 0.25) is 5.91 Å². The SMILES string of the molecule is [CH2]C(=O)N(C)c1ccccc1S(=O)(=O)O. The van der Waals surface area contributed by atoms with E-state index in [4.69, 9.17) is 4.55 Å². The van der Waals surface area contributed by atoms with E-state index < -0.39 is 16.0 Å². The first-order valence-electron chi connectivity index (χ1n) is 4.00. The minimum atomic E-state index is -4.33. The fourth-order valence-corrected chi connectivity index (χ4v) is 1.81. The van der Waals surface area contributed by atoms with Crippen LogP contribution in [0.5, 0.6) is 0 Å². The van der Waals surface area contributed by atoms with Crippen molar-refractivity contribution < 1.29 is 17.8 Å². The van der Waals surface area contributed by atoms with Crippen molar-refractivity contribution in [2.75, 3.05) is 11.9 Å². The lowest BCUT2D eigenvalue weighted by molar-refractivity contribution is -0.114. The van der Waals surface area contributed by atoms with Crippen LogP contribution in [-0.4, -0.2) is 25.9 Å². The van der Waals surface area contributed by atoms with E-state index in [2.05, 4.69) is 6.92 Å². The van der Waals surface area contributed by atoms with Gasteiger partial charge in [-0.3, -0.25) is 9.35 Å². The van der Waals surface area contributed by atoms with Crippen LogP contribution in [0.25, 0.3) is 0 Å². The Balaban J connectivity index is 3.37. The van der Waals surface area contributed by atoms with E-state index in [-0.39, 0.29) is 10.6 Å². The Morgan fingerprint density at radius 3 is 2.40 bits per heavy atom. The van der Waals surface area contributed by atoms with Gasteiger partial charge in [-0.05, 0) is 12.1 Å². The molecular formula is C9H10NO4S. The summed E-state index contributed by atoms with van der Waals surface area (Å²) in [6.07, 6.45) is 0. The highest BCUT2D eigenvalue weighted by atomic mass is 32.2. The second kappa shape index (κ2) is 4.00. The molecular weight excluding hydrogens is 218 g/mol. The molecule has 1 amide bonds. The lowest BCUT2D eigenvalue weighted by atomic mass is 10.3. The fraction of sp³-hybridized carbons (Fsp3) is 0.111. The molecule has 15 heavy (non-hydrogen) atoms. The molecule has 0 aliphatic rings. The standard InChI is InChI=1S/C9H10NO4S/c1-7(11)10(2)8-5-3-4-6-9(8)15(12,13)14/h3-6H,1H2,2H3,(H,12,13,14). The second-order valence-electron chi connectivity index (χ2n) is 2.90. The van der Waals surface area contributed by atoms with Gasteiger partial charge in [0.15, 0.2) is 0 Å². The van der Waals surface area contributed by atoms with Crippen molar-refractivity contribution >= 4 is 21.7 Å². The maximum absolute atomic E-state index is 11.0. The van der Waals surface area contributed by atoms with Crippen LogP contribution in [0.4, 0.5) is 5.69 Å². The molecule has 0 bridgehead atoms. The highest BCUT2D eigenvalue weighted by Gasteiger charge is 2.18. The molecule has 0 spiro atoms. The molecule has 81 valence electrons. The van der Waals surface area contributed by atoms with E-state index in [0.29, 0.717) is 0 Å². The molecule has 1 radical (unpaired) electrons. The number of hydrogen-bond acceptors (Lipinski definition) is 3. The number of carbonyl (C=O) groups excluding carboxylic acids is 1. The van der Waals surface area contributed by atoms with Gasteiger partial charge in [0.1, 0.15) is 4.90 Å². The zero-order chi connectivity index (χ0) is 11.6. The molecule has 0 heterocycles. The second-order valence-corrected chi connectivity index (χ2v) is 4.29. The minimum absolute atomic E-state index is 0.0972. The summed E-state index contributed by atoms with van der Waals surface area (Å²) >= 11 is 0. The maximum atomic E-state index is 11.0. The number of carbonyl (C=O) groups is 1. The normalized spacial score (nSPS) is 11.1. The van der Waals surface area contributed by atoms with Gasteiger partial charge < -0.3 is 4.90 Å². The first kappa shape index (κ1) is 11.7. The average molecular weight is 228 g/mol. The predicted molar refractivity (Wildman–Crippen MR) is 55.0 cm³/mol. The van der Waals surface area contributed by atoms with Crippen LogP contribution in [0.2, 0.25) is 0 Å². The van der Waals surface area contributed by atoms with Gasteiger partial charge in [-0.2, -0.15) is 8.42 Å². The van der Waals surface area contributed by atoms with Gasteiger partial charge in [0.25, 0.3) is 10.1 Å². The van der Waals surface area contributed by atoms with Gasteiger partial charge >= 0.3 is 0 Å². The lowest BCUT2D eigenvalue weighted by Gasteiger charge is -2.17. The third kappa shape index (κ3) is 2.54. The van der Waals surface area contributed by atoms with Crippen LogP contribution in [0.3, 0.4) is 0 Å². The third-order valence-electron chi connectivity index (χ3n) is 1.88. The van der Waals surface area contributed by atoms with Crippen LogP contribution in [0, 0.1) is 6.92 Å². The van der Waals surface area contributed by atoms with Gasteiger partial charge in [-0.15, -0.1) is 0 Å². The third-order valence-corrected chi connectivity index (χ3v) is 2.78. The van der Waals surface area contributed by atoms with Crippen molar-refractivity contribution in [3.8, 4) is 0 Å². The number of amides is 1. The summed E-state index contributed by atoms with van der Waals surface area (Å²) in [6, 6.07) is 5.63. The first-order chi connectivity index (χ1) is 6.84. The molecule has 0 atom stereocenters. The van der Waals surface area contributed by atoms with Crippen molar-refractivity contribution in [1.29, 1.82) is 0 Å². The van der Waals surface area contributed by atoms with Crippen molar-refractivity contribution in [2.24, 2.45) is 0 Å². The van der Waals surface area contributed by atoms with Crippen LogP contribution in [0.1, 0.15) is 0 Å². The van der Waals surface area contributed by atoms with Gasteiger partial charge in [0.05, 0.1) is 5.69 Å². The van der Waals surface area contributed by atoms with E-state index in [1.54, 1.807) is 6.07 Å². The van der Waals surface area contributed by atoms with E-state index in [0.717, 1.165) is 4.90 Å². The molecule has 0 aliphatic carbocycles. The molecule has 0 unspecified atom stereocenters. The topological polar surface area (TPSA) is 74.7 Å². The summed E-state index contributed by atoms with van der Waals surface area (Å²) in [6.45, 7) is 3.15. The Bertz CT molecular complexity index is 481. The van der Waals surface area contributed by atoms with E-state index in [1.165, 1.54) is 25.2 Å². The summed E-state index contributed by atoms with van der Waals surface area (Å²) < 4.78 is 30.9.